The number of likely N-dealkylation sites (N-methyl/N-ethyl adjacent to an activating group) is 1. The standard InChI is InChI=1S/C20H20BrFN6O2/c1-13-9-18(28(26-13)16-6-4-15(22)5-7-16)25-20(30)12-27(2)11-19(29)24-17-8-3-14(21)10-23-17/h3-10H,11-12H2,1-2H3,(H,25,30)(H,23,24,29). The molecule has 0 bridgehead atoms. The summed E-state index contributed by atoms with van der Waals surface area (Å²) in [6.07, 6.45) is 1.58. The average molecular weight is 475 g/mol. The van der Waals surface area contributed by atoms with Gasteiger partial charge in [-0.3, -0.25) is 14.5 Å². The first-order valence-corrected chi connectivity index (χ1v) is 9.82. The highest BCUT2D eigenvalue weighted by Gasteiger charge is 2.15. The lowest BCUT2D eigenvalue weighted by molar-refractivity contribution is -0.119. The topological polar surface area (TPSA) is 92.2 Å². The number of hydrogen-bond donors (Lipinski definition) is 2. The van der Waals surface area contributed by atoms with Crippen LogP contribution in [0, 0.1) is 12.7 Å². The lowest BCUT2D eigenvalue weighted by atomic mass is 10.3. The fourth-order valence-electron chi connectivity index (χ4n) is 2.73. The van der Waals surface area contributed by atoms with Crippen molar-refractivity contribution in [1.29, 1.82) is 0 Å². The Hall–Kier alpha value is -3.11. The molecule has 0 unspecified atom stereocenters. The summed E-state index contributed by atoms with van der Waals surface area (Å²) in [7, 11) is 1.66. The Kier molecular flexibility index (Phi) is 6.91. The lowest BCUT2D eigenvalue weighted by Gasteiger charge is -2.16. The van der Waals surface area contributed by atoms with Gasteiger partial charge < -0.3 is 10.6 Å². The van der Waals surface area contributed by atoms with Crippen molar-refractivity contribution in [1.82, 2.24) is 19.7 Å². The zero-order valence-corrected chi connectivity index (χ0v) is 18.0. The Morgan fingerprint density at radius 2 is 1.77 bits per heavy atom. The molecule has 8 nitrogen and oxygen atoms in total. The number of rotatable bonds is 7. The van der Waals surface area contributed by atoms with Crippen LogP contribution in [0.2, 0.25) is 0 Å². The Balaban J connectivity index is 1.57. The highest BCUT2D eigenvalue weighted by atomic mass is 79.9. The van der Waals surface area contributed by atoms with Crippen molar-refractivity contribution in [2.24, 2.45) is 0 Å². The van der Waals surface area contributed by atoms with Gasteiger partial charge in [-0.15, -0.1) is 0 Å². The third-order valence-corrected chi connectivity index (χ3v) is 4.46. The van der Waals surface area contributed by atoms with Crippen LogP contribution in [0.5, 0.6) is 0 Å². The van der Waals surface area contributed by atoms with Crippen molar-refractivity contribution in [3.63, 3.8) is 0 Å². The predicted molar refractivity (Wildman–Crippen MR) is 115 cm³/mol. The monoisotopic (exact) mass is 474 g/mol. The van der Waals surface area contributed by atoms with Gasteiger partial charge in [0, 0.05) is 16.7 Å². The van der Waals surface area contributed by atoms with Crippen LogP contribution in [0.3, 0.4) is 0 Å². The molecule has 1 aromatic carbocycles. The van der Waals surface area contributed by atoms with Gasteiger partial charge in [0.2, 0.25) is 11.8 Å². The van der Waals surface area contributed by atoms with Crippen molar-refractivity contribution >= 4 is 39.4 Å². The van der Waals surface area contributed by atoms with E-state index in [0.29, 0.717) is 23.0 Å². The number of aryl methyl sites for hydroxylation is 1. The molecule has 0 atom stereocenters. The van der Waals surface area contributed by atoms with E-state index in [4.69, 9.17) is 0 Å². The van der Waals surface area contributed by atoms with Gasteiger partial charge in [0.05, 0.1) is 24.5 Å². The highest BCUT2D eigenvalue weighted by Crippen LogP contribution is 2.17. The number of halogens is 2. The summed E-state index contributed by atoms with van der Waals surface area (Å²) in [5.41, 5.74) is 1.32. The lowest BCUT2D eigenvalue weighted by Crippen LogP contribution is -2.36. The van der Waals surface area contributed by atoms with E-state index in [1.54, 1.807) is 55.4 Å². The van der Waals surface area contributed by atoms with Crippen LogP contribution in [-0.4, -0.2) is 51.6 Å². The van der Waals surface area contributed by atoms with Gasteiger partial charge in [-0.2, -0.15) is 5.10 Å². The van der Waals surface area contributed by atoms with E-state index in [1.807, 2.05) is 0 Å². The minimum absolute atomic E-state index is 0.00513. The zero-order valence-electron chi connectivity index (χ0n) is 16.4. The minimum Gasteiger partial charge on any atom is -0.310 e. The molecular formula is C20H20BrFN6O2. The molecule has 0 saturated heterocycles. The summed E-state index contributed by atoms with van der Waals surface area (Å²) in [5.74, 6) is -0.0603. The fourth-order valence-corrected chi connectivity index (χ4v) is 2.96. The van der Waals surface area contributed by atoms with Crippen molar-refractivity contribution < 1.29 is 14.0 Å². The van der Waals surface area contributed by atoms with Gasteiger partial charge in [-0.1, -0.05) is 0 Å². The molecule has 30 heavy (non-hydrogen) atoms. The quantitative estimate of drug-likeness (QED) is 0.549. The largest absolute Gasteiger partial charge is 0.310 e. The summed E-state index contributed by atoms with van der Waals surface area (Å²) < 4.78 is 15.5. The van der Waals surface area contributed by atoms with E-state index in [2.05, 4.69) is 36.6 Å². The zero-order chi connectivity index (χ0) is 21.7. The molecule has 0 radical (unpaired) electrons. The number of amides is 2. The molecule has 0 spiro atoms. The summed E-state index contributed by atoms with van der Waals surface area (Å²) in [5, 5.41) is 9.79. The van der Waals surface area contributed by atoms with E-state index in [1.165, 1.54) is 16.8 Å². The second kappa shape index (κ2) is 9.59. The number of carbonyl (C=O) groups excluding carboxylic acids is 2. The van der Waals surface area contributed by atoms with E-state index in [-0.39, 0.29) is 30.7 Å². The summed E-state index contributed by atoms with van der Waals surface area (Å²) in [4.78, 5) is 30.2. The van der Waals surface area contributed by atoms with Crippen molar-refractivity contribution in [3.05, 3.63) is 64.6 Å². The number of hydrogen-bond acceptors (Lipinski definition) is 5. The number of benzene rings is 1. The number of anilines is 2. The smallest absolute Gasteiger partial charge is 0.239 e. The molecule has 0 aliphatic heterocycles. The van der Waals surface area contributed by atoms with Crippen LogP contribution < -0.4 is 10.6 Å². The number of pyridine rings is 1. The number of aromatic nitrogens is 3. The van der Waals surface area contributed by atoms with Gasteiger partial charge in [0.15, 0.2) is 0 Å². The number of nitrogens with zero attached hydrogens (tertiary/aromatic N) is 4. The van der Waals surface area contributed by atoms with E-state index in [0.717, 1.165) is 4.47 Å². The third kappa shape index (κ3) is 5.94. The van der Waals surface area contributed by atoms with Crippen LogP contribution in [0.4, 0.5) is 16.0 Å². The molecule has 0 fully saturated rings. The van der Waals surface area contributed by atoms with Gasteiger partial charge in [-0.25, -0.2) is 14.1 Å². The molecule has 3 aromatic rings. The normalized spacial score (nSPS) is 10.8. The van der Waals surface area contributed by atoms with Crippen LogP contribution >= 0.6 is 15.9 Å². The van der Waals surface area contributed by atoms with Gasteiger partial charge in [0.25, 0.3) is 0 Å². The molecule has 0 aliphatic carbocycles. The third-order valence-electron chi connectivity index (χ3n) is 3.99. The van der Waals surface area contributed by atoms with Gasteiger partial charge in [0.1, 0.15) is 17.5 Å². The minimum atomic E-state index is -0.355. The molecule has 2 heterocycles. The molecule has 2 amide bonds. The fraction of sp³-hybridized carbons (Fsp3) is 0.200. The number of nitrogens with one attached hydrogen (secondary N) is 2. The first kappa shape index (κ1) is 21.6. The van der Waals surface area contributed by atoms with Gasteiger partial charge in [-0.05, 0) is 66.3 Å². The van der Waals surface area contributed by atoms with Crippen LogP contribution in [0.25, 0.3) is 5.69 Å². The van der Waals surface area contributed by atoms with Crippen LogP contribution in [-0.2, 0) is 9.59 Å². The molecule has 156 valence electrons. The van der Waals surface area contributed by atoms with Crippen molar-refractivity contribution in [3.8, 4) is 5.69 Å². The average Bonchev–Trinajstić information content (AvgIpc) is 3.03. The summed E-state index contributed by atoms with van der Waals surface area (Å²) >= 11 is 3.28. The molecular weight excluding hydrogens is 455 g/mol. The maximum absolute atomic E-state index is 13.2. The van der Waals surface area contributed by atoms with Crippen LogP contribution in [0.15, 0.2) is 53.1 Å². The molecule has 3 rings (SSSR count). The SMILES string of the molecule is Cc1cc(NC(=O)CN(C)CC(=O)Nc2ccc(Br)cn2)n(-c2ccc(F)cc2)n1. The number of carbonyl (C=O) groups is 2. The Morgan fingerprint density at radius 1 is 1.10 bits per heavy atom. The predicted octanol–water partition coefficient (Wildman–Crippen LogP) is 2.99. The Morgan fingerprint density at radius 3 is 2.40 bits per heavy atom. The molecule has 0 saturated carbocycles. The molecule has 2 aromatic heterocycles. The molecule has 10 heteroatoms. The van der Waals surface area contributed by atoms with E-state index in [9.17, 15) is 14.0 Å². The van der Waals surface area contributed by atoms with Gasteiger partial charge >= 0.3 is 0 Å². The summed E-state index contributed by atoms with van der Waals surface area (Å²) in [6, 6.07) is 11.0. The van der Waals surface area contributed by atoms with Crippen molar-refractivity contribution in [2.45, 2.75) is 6.92 Å². The maximum atomic E-state index is 13.2. The maximum Gasteiger partial charge on any atom is 0.239 e. The Labute approximate surface area is 181 Å². The van der Waals surface area contributed by atoms with E-state index < -0.39 is 0 Å². The Bertz CT molecular complexity index is 1040. The highest BCUT2D eigenvalue weighted by molar-refractivity contribution is 9.10. The van der Waals surface area contributed by atoms with Crippen molar-refractivity contribution in [2.75, 3.05) is 30.8 Å². The molecule has 0 aliphatic rings. The van der Waals surface area contributed by atoms with E-state index >= 15 is 0 Å². The molecule has 2 N–H and O–H groups in total. The van der Waals surface area contributed by atoms with Crippen LogP contribution in [0.1, 0.15) is 5.69 Å². The second-order valence-corrected chi connectivity index (χ2v) is 7.61. The first-order valence-electron chi connectivity index (χ1n) is 9.02. The summed E-state index contributed by atoms with van der Waals surface area (Å²) in [6.45, 7) is 1.80. The first-order chi connectivity index (χ1) is 14.3. The second-order valence-electron chi connectivity index (χ2n) is 6.69.